The van der Waals surface area contributed by atoms with E-state index in [9.17, 15) is 4.79 Å². The Labute approximate surface area is 79.7 Å². The summed E-state index contributed by atoms with van der Waals surface area (Å²) in [5, 5.41) is 6.16. The van der Waals surface area contributed by atoms with Crippen molar-refractivity contribution in [2.45, 2.75) is 19.4 Å². The van der Waals surface area contributed by atoms with Crippen molar-refractivity contribution in [3.05, 3.63) is 0 Å². The molecule has 1 atom stereocenters. The first kappa shape index (κ1) is 10.5. The molecule has 0 radical (unpaired) electrons. The van der Waals surface area contributed by atoms with E-state index >= 15 is 0 Å². The average Bonchev–Trinajstić information content (AvgIpc) is 2.59. The summed E-state index contributed by atoms with van der Waals surface area (Å²) in [7, 11) is 1.80. The summed E-state index contributed by atoms with van der Waals surface area (Å²) in [4.78, 5) is 13.6. The zero-order valence-corrected chi connectivity index (χ0v) is 8.47. The van der Waals surface area contributed by atoms with Gasteiger partial charge >= 0.3 is 0 Å². The minimum atomic E-state index is 0.207. The summed E-state index contributed by atoms with van der Waals surface area (Å²) in [6.07, 6.45) is 1.09. The number of hydrogen-bond acceptors (Lipinski definition) is 3. The van der Waals surface area contributed by atoms with Gasteiger partial charge in [0.15, 0.2) is 0 Å². The Morgan fingerprint density at radius 1 is 1.69 bits per heavy atom. The van der Waals surface area contributed by atoms with Crippen molar-refractivity contribution in [3.63, 3.8) is 0 Å². The second kappa shape index (κ2) is 5.19. The van der Waals surface area contributed by atoms with E-state index in [1.165, 1.54) is 0 Å². The molecule has 1 unspecified atom stereocenters. The van der Waals surface area contributed by atoms with Crippen LogP contribution in [0.3, 0.4) is 0 Å². The smallest absolute Gasteiger partial charge is 0.236 e. The topological polar surface area (TPSA) is 44.4 Å². The fourth-order valence-corrected chi connectivity index (χ4v) is 1.80. The fraction of sp³-hybridized carbons (Fsp3) is 0.889. The number of rotatable bonds is 4. The maximum Gasteiger partial charge on any atom is 0.236 e. The van der Waals surface area contributed by atoms with E-state index in [1.54, 1.807) is 7.05 Å². The lowest BCUT2D eigenvalue weighted by Crippen LogP contribution is -2.44. The first-order chi connectivity index (χ1) is 6.29. The summed E-state index contributed by atoms with van der Waals surface area (Å²) in [5.74, 6) is 0.207. The molecule has 0 spiro atoms. The van der Waals surface area contributed by atoms with E-state index in [0.717, 1.165) is 26.1 Å². The Morgan fingerprint density at radius 3 is 2.92 bits per heavy atom. The number of amides is 1. The number of likely N-dealkylation sites (N-methyl/N-ethyl adjacent to an activating group) is 2. The van der Waals surface area contributed by atoms with Gasteiger partial charge < -0.3 is 15.5 Å². The second-order valence-electron chi connectivity index (χ2n) is 3.36. The number of hydrogen-bond donors (Lipinski definition) is 2. The average molecular weight is 185 g/mol. The molecule has 1 fully saturated rings. The van der Waals surface area contributed by atoms with Crippen molar-refractivity contribution in [2.75, 3.05) is 33.2 Å². The van der Waals surface area contributed by atoms with Gasteiger partial charge in [-0.1, -0.05) is 0 Å². The molecule has 0 aromatic heterocycles. The van der Waals surface area contributed by atoms with Crippen LogP contribution in [0, 0.1) is 0 Å². The van der Waals surface area contributed by atoms with Crippen LogP contribution in [0.5, 0.6) is 0 Å². The predicted octanol–water partition coefficient (Wildman–Crippen LogP) is -0.584. The zero-order valence-electron chi connectivity index (χ0n) is 8.47. The van der Waals surface area contributed by atoms with E-state index in [4.69, 9.17) is 0 Å². The first-order valence-corrected chi connectivity index (χ1v) is 4.94. The van der Waals surface area contributed by atoms with Crippen LogP contribution in [0.25, 0.3) is 0 Å². The highest BCUT2D eigenvalue weighted by Crippen LogP contribution is 2.07. The normalized spacial score (nSPS) is 21.8. The van der Waals surface area contributed by atoms with Crippen molar-refractivity contribution in [3.8, 4) is 0 Å². The van der Waals surface area contributed by atoms with Crippen LogP contribution in [-0.2, 0) is 4.79 Å². The molecule has 0 bridgehead atoms. The van der Waals surface area contributed by atoms with E-state index in [-0.39, 0.29) is 5.91 Å². The Morgan fingerprint density at radius 2 is 2.46 bits per heavy atom. The lowest BCUT2D eigenvalue weighted by molar-refractivity contribution is -0.131. The number of carbonyl (C=O) groups excluding carboxylic acids is 1. The molecule has 76 valence electrons. The zero-order chi connectivity index (χ0) is 9.68. The lowest BCUT2D eigenvalue weighted by Gasteiger charge is -2.27. The van der Waals surface area contributed by atoms with Gasteiger partial charge in [-0.05, 0) is 26.9 Å². The summed E-state index contributed by atoms with van der Waals surface area (Å²) in [6, 6.07) is 0.408. The predicted molar refractivity (Wildman–Crippen MR) is 52.6 cm³/mol. The summed E-state index contributed by atoms with van der Waals surface area (Å²) in [6.45, 7) is 5.28. The molecule has 13 heavy (non-hydrogen) atoms. The largest absolute Gasteiger partial charge is 0.338 e. The molecule has 0 aliphatic carbocycles. The summed E-state index contributed by atoms with van der Waals surface area (Å²) >= 11 is 0. The Hall–Kier alpha value is -0.610. The highest BCUT2D eigenvalue weighted by atomic mass is 16.2. The van der Waals surface area contributed by atoms with Crippen molar-refractivity contribution >= 4 is 5.91 Å². The van der Waals surface area contributed by atoms with Gasteiger partial charge in [-0.2, -0.15) is 0 Å². The van der Waals surface area contributed by atoms with Gasteiger partial charge in [0.1, 0.15) is 0 Å². The number of carbonyl (C=O) groups is 1. The SMILES string of the molecule is CCN(C(=O)CNC)C1CCNC1. The Balaban J connectivity index is 2.44. The van der Waals surface area contributed by atoms with Gasteiger partial charge in [-0.3, -0.25) is 4.79 Å². The molecule has 4 heteroatoms. The van der Waals surface area contributed by atoms with Gasteiger partial charge in [-0.15, -0.1) is 0 Å². The van der Waals surface area contributed by atoms with Crippen LogP contribution in [0.1, 0.15) is 13.3 Å². The minimum Gasteiger partial charge on any atom is -0.338 e. The van der Waals surface area contributed by atoms with Crippen molar-refractivity contribution in [1.29, 1.82) is 0 Å². The van der Waals surface area contributed by atoms with Gasteiger partial charge in [0.25, 0.3) is 0 Å². The molecule has 1 aliphatic rings. The second-order valence-corrected chi connectivity index (χ2v) is 3.36. The lowest BCUT2D eigenvalue weighted by atomic mass is 10.2. The standard InChI is InChI=1S/C9H19N3O/c1-3-12(9(13)7-10-2)8-4-5-11-6-8/h8,10-11H,3-7H2,1-2H3. The Bertz CT molecular complexity index is 166. The van der Waals surface area contributed by atoms with E-state index in [2.05, 4.69) is 10.6 Å². The highest BCUT2D eigenvalue weighted by Gasteiger charge is 2.24. The molecule has 1 aliphatic heterocycles. The number of nitrogens with one attached hydrogen (secondary N) is 2. The maximum atomic E-state index is 11.6. The quantitative estimate of drug-likeness (QED) is 0.615. The third-order valence-electron chi connectivity index (χ3n) is 2.46. The molecule has 1 rings (SSSR count). The molecular formula is C9H19N3O. The third kappa shape index (κ3) is 2.67. The van der Waals surface area contributed by atoms with Crippen LogP contribution in [0.15, 0.2) is 0 Å². The Kier molecular flexibility index (Phi) is 4.18. The van der Waals surface area contributed by atoms with Crippen molar-refractivity contribution in [1.82, 2.24) is 15.5 Å². The van der Waals surface area contributed by atoms with Gasteiger partial charge in [0.05, 0.1) is 6.54 Å². The van der Waals surface area contributed by atoms with Crippen LogP contribution >= 0.6 is 0 Å². The van der Waals surface area contributed by atoms with E-state index < -0.39 is 0 Å². The van der Waals surface area contributed by atoms with E-state index in [0.29, 0.717) is 12.6 Å². The van der Waals surface area contributed by atoms with Gasteiger partial charge in [0.2, 0.25) is 5.91 Å². The van der Waals surface area contributed by atoms with Gasteiger partial charge in [-0.25, -0.2) is 0 Å². The fourth-order valence-electron chi connectivity index (χ4n) is 1.80. The van der Waals surface area contributed by atoms with Gasteiger partial charge in [0, 0.05) is 19.1 Å². The molecule has 1 heterocycles. The molecule has 1 amide bonds. The molecular weight excluding hydrogens is 166 g/mol. The van der Waals surface area contributed by atoms with Crippen molar-refractivity contribution < 1.29 is 4.79 Å². The summed E-state index contributed by atoms with van der Waals surface area (Å²) in [5.41, 5.74) is 0. The monoisotopic (exact) mass is 185 g/mol. The molecule has 0 aromatic carbocycles. The van der Waals surface area contributed by atoms with Crippen LogP contribution in [-0.4, -0.2) is 50.1 Å². The molecule has 0 aromatic rings. The third-order valence-corrected chi connectivity index (χ3v) is 2.46. The highest BCUT2D eigenvalue weighted by molar-refractivity contribution is 5.78. The van der Waals surface area contributed by atoms with Crippen LogP contribution < -0.4 is 10.6 Å². The molecule has 4 nitrogen and oxygen atoms in total. The van der Waals surface area contributed by atoms with E-state index in [1.807, 2.05) is 11.8 Å². The van der Waals surface area contributed by atoms with Crippen molar-refractivity contribution in [2.24, 2.45) is 0 Å². The maximum absolute atomic E-state index is 11.6. The first-order valence-electron chi connectivity index (χ1n) is 4.94. The molecule has 1 saturated heterocycles. The molecule has 0 saturated carbocycles. The van der Waals surface area contributed by atoms with Crippen LogP contribution in [0.4, 0.5) is 0 Å². The molecule has 2 N–H and O–H groups in total. The van der Waals surface area contributed by atoms with Crippen LogP contribution in [0.2, 0.25) is 0 Å². The summed E-state index contributed by atoms with van der Waals surface area (Å²) < 4.78 is 0. The number of nitrogens with zero attached hydrogens (tertiary/aromatic N) is 1. The minimum absolute atomic E-state index is 0.207.